The van der Waals surface area contributed by atoms with E-state index in [9.17, 15) is 0 Å². The van der Waals surface area contributed by atoms with E-state index in [-0.39, 0.29) is 0 Å². The fourth-order valence-electron chi connectivity index (χ4n) is 2.33. The molecule has 90 valence electrons. The zero-order chi connectivity index (χ0) is 11.8. The number of hydrogen-bond donors (Lipinski definition) is 0. The molecule has 0 amide bonds. The second-order valence-electron chi connectivity index (χ2n) is 5.01. The monoisotopic (exact) mass is 248 g/mol. The van der Waals surface area contributed by atoms with Crippen LogP contribution in [0.15, 0.2) is 18.2 Å². The summed E-state index contributed by atoms with van der Waals surface area (Å²) in [4.78, 5) is 4.72. The van der Waals surface area contributed by atoms with Gasteiger partial charge in [0, 0.05) is 18.8 Å². The number of benzene rings is 1. The van der Waals surface area contributed by atoms with Crippen molar-refractivity contribution in [3.05, 3.63) is 29.6 Å². The average Bonchev–Trinajstić information content (AvgIpc) is 3.04. The zero-order valence-electron chi connectivity index (χ0n) is 10.1. The molecule has 0 spiro atoms. The van der Waals surface area contributed by atoms with E-state index in [1.165, 1.54) is 23.9 Å². The van der Waals surface area contributed by atoms with Crippen LogP contribution in [0.25, 0.3) is 11.0 Å². The summed E-state index contributed by atoms with van der Waals surface area (Å²) in [7, 11) is 0. The standard InChI is InChI=1S/C14H17ClN2/c1-10-2-5-13-12(8-10)16-14(6-7-15)17(13)9-11-3-4-11/h2,5,8,11H,3-4,6-7,9H2,1H3. The summed E-state index contributed by atoms with van der Waals surface area (Å²) in [5, 5.41) is 0. The molecule has 2 aromatic rings. The first-order valence-electron chi connectivity index (χ1n) is 6.29. The first-order valence-corrected chi connectivity index (χ1v) is 6.83. The van der Waals surface area contributed by atoms with Gasteiger partial charge in [0.25, 0.3) is 0 Å². The summed E-state index contributed by atoms with van der Waals surface area (Å²) in [5.41, 5.74) is 3.65. The van der Waals surface area contributed by atoms with Crippen molar-refractivity contribution < 1.29 is 0 Å². The Morgan fingerprint density at radius 3 is 2.94 bits per heavy atom. The lowest BCUT2D eigenvalue weighted by Crippen LogP contribution is -2.06. The molecule has 1 saturated carbocycles. The highest BCUT2D eigenvalue weighted by molar-refractivity contribution is 6.17. The van der Waals surface area contributed by atoms with Crippen LogP contribution >= 0.6 is 11.6 Å². The minimum Gasteiger partial charge on any atom is -0.328 e. The Hall–Kier alpha value is -1.02. The molecule has 3 rings (SSSR count). The highest BCUT2D eigenvalue weighted by atomic mass is 35.5. The molecule has 0 aliphatic heterocycles. The van der Waals surface area contributed by atoms with Crippen LogP contribution in [0, 0.1) is 12.8 Å². The van der Waals surface area contributed by atoms with Crippen molar-refractivity contribution in [2.45, 2.75) is 32.7 Å². The SMILES string of the molecule is Cc1ccc2c(c1)nc(CCCl)n2CC1CC1. The number of aryl methyl sites for hydroxylation is 2. The van der Waals surface area contributed by atoms with Gasteiger partial charge in [0.05, 0.1) is 11.0 Å². The molecule has 1 aliphatic carbocycles. The van der Waals surface area contributed by atoms with Gasteiger partial charge in [-0.25, -0.2) is 4.98 Å². The van der Waals surface area contributed by atoms with Crippen molar-refractivity contribution >= 4 is 22.6 Å². The molecule has 1 aromatic carbocycles. The lowest BCUT2D eigenvalue weighted by molar-refractivity contribution is 0.615. The third kappa shape index (κ3) is 2.19. The van der Waals surface area contributed by atoms with Gasteiger partial charge in [0.15, 0.2) is 0 Å². The van der Waals surface area contributed by atoms with Crippen molar-refractivity contribution in [2.24, 2.45) is 5.92 Å². The van der Waals surface area contributed by atoms with Crippen molar-refractivity contribution in [1.29, 1.82) is 0 Å². The number of fused-ring (bicyclic) bond motifs is 1. The third-order valence-electron chi connectivity index (χ3n) is 3.44. The van der Waals surface area contributed by atoms with E-state index in [4.69, 9.17) is 16.6 Å². The Bertz CT molecular complexity index is 540. The van der Waals surface area contributed by atoms with Crippen molar-refractivity contribution in [3.8, 4) is 0 Å². The molecule has 1 fully saturated rings. The second kappa shape index (κ2) is 4.34. The van der Waals surface area contributed by atoms with Crippen molar-refractivity contribution in [3.63, 3.8) is 0 Å². The van der Waals surface area contributed by atoms with E-state index in [0.717, 1.165) is 30.2 Å². The molecule has 1 heterocycles. The number of aromatic nitrogens is 2. The quantitative estimate of drug-likeness (QED) is 0.757. The Balaban J connectivity index is 2.08. The molecular formula is C14H17ClN2. The Kier molecular flexibility index (Phi) is 2.83. The molecule has 2 nitrogen and oxygen atoms in total. The number of imidazole rings is 1. The van der Waals surface area contributed by atoms with E-state index in [2.05, 4.69) is 29.7 Å². The second-order valence-corrected chi connectivity index (χ2v) is 5.39. The highest BCUT2D eigenvalue weighted by Gasteiger charge is 2.24. The molecule has 0 unspecified atom stereocenters. The van der Waals surface area contributed by atoms with Crippen LogP contribution in [0.5, 0.6) is 0 Å². The molecule has 0 atom stereocenters. The maximum Gasteiger partial charge on any atom is 0.111 e. The van der Waals surface area contributed by atoms with Gasteiger partial charge in [0.2, 0.25) is 0 Å². The van der Waals surface area contributed by atoms with E-state index >= 15 is 0 Å². The number of alkyl halides is 1. The minimum atomic E-state index is 0.646. The molecule has 17 heavy (non-hydrogen) atoms. The van der Waals surface area contributed by atoms with E-state index < -0.39 is 0 Å². The minimum absolute atomic E-state index is 0.646. The van der Waals surface area contributed by atoms with Crippen LogP contribution in [0.1, 0.15) is 24.2 Å². The summed E-state index contributed by atoms with van der Waals surface area (Å²) in [6, 6.07) is 6.52. The molecule has 1 aliphatic rings. The number of halogens is 1. The van der Waals surface area contributed by atoms with Gasteiger partial charge in [-0.2, -0.15) is 0 Å². The van der Waals surface area contributed by atoms with Crippen LogP contribution in [0.2, 0.25) is 0 Å². The predicted octanol–water partition coefficient (Wildman–Crippen LogP) is 3.54. The number of nitrogens with zero attached hydrogens (tertiary/aromatic N) is 2. The maximum absolute atomic E-state index is 5.87. The van der Waals surface area contributed by atoms with Crippen LogP contribution in [0.4, 0.5) is 0 Å². The van der Waals surface area contributed by atoms with Gasteiger partial charge in [0.1, 0.15) is 5.82 Å². The Morgan fingerprint density at radius 1 is 1.41 bits per heavy atom. The number of hydrogen-bond acceptors (Lipinski definition) is 1. The van der Waals surface area contributed by atoms with E-state index in [0.29, 0.717) is 5.88 Å². The lowest BCUT2D eigenvalue weighted by Gasteiger charge is -2.07. The van der Waals surface area contributed by atoms with Crippen LogP contribution < -0.4 is 0 Å². The molecule has 3 heteroatoms. The normalized spacial score (nSPS) is 15.6. The van der Waals surface area contributed by atoms with Crippen LogP contribution in [-0.2, 0) is 13.0 Å². The first kappa shape index (κ1) is 11.1. The predicted molar refractivity (Wildman–Crippen MR) is 71.6 cm³/mol. The summed E-state index contributed by atoms with van der Waals surface area (Å²) >= 11 is 5.87. The van der Waals surface area contributed by atoms with Crippen LogP contribution in [0.3, 0.4) is 0 Å². The molecule has 0 radical (unpaired) electrons. The van der Waals surface area contributed by atoms with Gasteiger partial charge in [-0.15, -0.1) is 11.6 Å². The van der Waals surface area contributed by atoms with Gasteiger partial charge < -0.3 is 4.57 Å². The largest absolute Gasteiger partial charge is 0.328 e. The smallest absolute Gasteiger partial charge is 0.111 e. The lowest BCUT2D eigenvalue weighted by atomic mass is 10.2. The van der Waals surface area contributed by atoms with E-state index in [1.54, 1.807) is 0 Å². The summed E-state index contributed by atoms with van der Waals surface area (Å²) < 4.78 is 2.37. The topological polar surface area (TPSA) is 17.8 Å². The fourth-order valence-corrected chi connectivity index (χ4v) is 2.50. The summed E-state index contributed by atoms with van der Waals surface area (Å²) in [5.74, 6) is 2.66. The maximum atomic E-state index is 5.87. The number of rotatable bonds is 4. The third-order valence-corrected chi connectivity index (χ3v) is 3.63. The van der Waals surface area contributed by atoms with Gasteiger partial charge >= 0.3 is 0 Å². The molecular weight excluding hydrogens is 232 g/mol. The van der Waals surface area contributed by atoms with Crippen molar-refractivity contribution in [1.82, 2.24) is 9.55 Å². The average molecular weight is 249 g/mol. The summed E-state index contributed by atoms with van der Waals surface area (Å²) in [6.07, 6.45) is 3.60. The Labute approximate surface area is 107 Å². The molecule has 0 N–H and O–H groups in total. The van der Waals surface area contributed by atoms with Crippen LogP contribution in [-0.4, -0.2) is 15.4 Å². The summed E-state index contributed by atoms with van der Waals surface area (Å²) in [6.45, 7) is 3.23. The highest BCUT2D eigenvalue weighted by Crippen LogP contribution is 2.32. The molecule has 1 aromatic heterocycles. The fraction of sp³-hybridized carbons (Fsp3) is 0.500. The van der Waals surface area contributed by atoms with Crippen molar-refractivity contribution in [2.75, 3.05) is 5.88 Å². The Morgan fingerprint density at radius 2 is 2.24 bits per heavy atom. The van der Waals surface area contributed by atoms with Gasteiger partial charge in [-0.1, -0.05) is 6.07 Å². The first-order chi connectivity index (χ1) is 8.28. The van der Waals surface area contributed by atoms with Gasteiger partial charge in [-0.05, 0) is 43.4 Å². The molecule has 0 saturated heterocycles. The van der Waals surface area contributed by atoms with Gasteiger partial charge in [-0.3, -0.25) is 0 Å². The van der Waals surface area contributed by atoms with E-state index in [1.807, 2.05) is 0 Å². The zero-order valence-corrected chi connectivity index (χ0v) is 10.9. The molecule has 0 bridgehead atoms.